The summed E-state index contributed by atoms with van der Waals surface area (Å²) in [6, 6.07) is 4.34. The molecule has 0 aromatic heterocycles. The molecular formula is C17H25ClN2O3S. The summed E-state index contributed by atoms with van der Waals surface area (Å²) in [7, 11) is -3.59. The predicted octanol–water partition coefficient (Wildman–Crippen LogP) is 3.29. The lowest BCUT2D eigenvalue weighted by atomic mass is 10.0. The number of hydrogen-bond acceptors (Lipinski definition) is 3. The Bertz CT molecular complexity index is 683. The number of unbranched alkanes of at least 4 members (excludes halogenated alkanes) is 1. The van der Waals surface area contributed by atoms with Gasteiger partial charge in [-0.25, -0.2) is 8.42 Å². The summed E-state index contributed by atoms with van der Waals surface area (Å²) in [5.74, 6) is 0.208. The number of sulfonamides is 1. The molecule has 1 aromatic rings. The minimum Gasteiger partial charge on any atom is -0.352 e. The van der Waals surface area contributed by atoms with E-state index in [0.717, 1.165) is 25.7 Å². The fraction of sp³-hybridized carbons (Fsp3) is 0.588. The van der Waals surface area contributed by atoms with Crippen molar-refractivity contribution >= 4 is 27.5 Å². The molecule has 0 saturated carbocycles. The van der Waals surface area contributed by atoms with Gasteiger partial charge >= 0.3 is 0 Å². The van der Waals surface area contributed by atoms with Crippen molar-refractivity contribution in [1.29, 1.82) is 0 Å². The van der Waals surface area contributed by atoms with E-state index >= 15 is 0 Å². The molecule has 0 radical (unpaired) electrons. The van der Waals surface area contributed by atoms with Crippen LogP contribution in [0.5, 0.6) is 0 Å². The van der Waals surface area contributed by atoms with Crippen molar-refractivity contribution in [3.63, 3.8) is 0 Å². The molecule has 1 heterocycles. The van der Waals surface area contributed by atoms with E-state index in [1.54, 1.807) is 0 Å². The van der Waals surface area contributed by atoms with Gasteiger partial charge in [0.25, 0.3) is 5.91 Å². The van der Waals surface area contributed by atoms with E-state index in [4.69, 9.17) is 11.6 Å². The number of benzene rings is 1. The summed E-state index contributed by atoms with van der Waals surface area (Å²) < 4.78 is 27.1. The van der Waals surface area contributed by atoms with Crippen LogP contribution in [0.1, 0.15) is 49.9 Å². The fourth-order valence-corrected chi connectivity index (χ4v) is 4.39. The average Bonchev–Trinajstić information content (AvgIpc) is 2.55. The number of carbonyl (C=O) groups excluding carboxylic acids is 1. The molecule has 0 atom stereocenters. The van der Waals surface area contributed by atoms with E-state index in [9.17, 15) is 13.2 Å². The van der Waals surface area contributed by atoms with Crippen LogP contribution in [0.4, 0.5) is 0 Å². The number of carbonyl (C=O) groups is 1. The summed E-state index contributed by atoms with van der Waals surface area (Å²) in [6.45, 7) is 5.75. The quantitative estimate of drug-likeness (QED) is 0.779. The fourth-order valence-electron chi connectivity index (χ4n) is 2.69. The minimum absolute atomic E-state index is 0.127. The highest BCUT2D eigenvalue weighted by atomic mass is 35.5. The molecule has 1 aromatic carbocycles. The zero-order valence-electron chi connectivity index (χ0n) is 14.2. The first-order chi connectivity index (χ1) is 11.4. The van der Waals surface area contributed by atoms with E-state index in [1.807, 2.05) is 6.92 Å². The van der Waals surface area contributed by atoms with Crippen molar-refractivity contribution in [2.75, 3.05) is 19.6 Å². The number of nitrogens with zero attached hydrogens (tertiary/aromatic N) is 1. The van der Waals surface area contributed by atoms with E-state index in [0.29, 0.717) is 25.6 Å². The lowest BCUT2D eigenvalue weighted by molar-refractivity contribution is 0.0953. The Morgan fingerprint density at radius 1 is 1.33 bits per heavy atom. The molecular weight excluding hydrogens is 348 g/mol. The van der Waals surface area contributed by atoms with Crippen molar-refractivity contribution in [1.82, 2.24) is 9.62 Å². The van der Waals surface area contributed by atoms with Gasteiger partial charge in [0.2, 0.25) is 10.0 Å². The van der Waals surface area contributed by atoms with Gasteiger partial charge in [0, 0.05) is 19.6 Å². The Labute approximate surface area is 149 Å². The molecule has 0 aliphatic carbocycles. The third-order valence-corrected chi connectivity index (χ3v) is 6.60. The molecule has 1 N–H and O–H groups in total. The highest BCUT2D eigenvalue weighted by Crippen LogP contribution is 2.26. The van der Waals surface area contributed by atoms with E-state index in [-0.39, 0.29) is 21.4 Å². The second kappa shape index (κ2) is 8.32. The molecule has 1 fully saturated rings. The summed E-state index contributed by atoms with van der Waals surface area (Å²) in [6.07, 6.45) is 3.55. The first-order valence-electron chi connectivity index (χ1n) is 8.44. The van der Waals surface area contributed by atoms with E-state index in [2.05, 4.69) is 12.2 Å². The van der Waals surface area contributed by atoms with Gasteiger partial charge in [-0.2, -0.15) is 4.31 Å². The van der Waals surface area contributed by atoms with E-state index < -0.39 is 10.0 Å². The zero-order chi connectivity index (χ0) is 17.7. The Balaban J connectivity index is 2.21. The Morgan fingerprint density at radius 3 is 2.62 bits per heavy atom. The van der Waals surface area contributed by atoms with Crippen LogP contribution in [0.25, 0.3) is 0 Å². The van der Waals surface area contributed by atoms with Gasteiger partial charge in [-0.15, -0.1) is 0 Å². The van der Waals surface area contributed by atoms with Crippen molar-refractivity contribution in [2.45, 2.75) is 44.4 Å². The molecule has 1 saturated heterocycles. The first-order valence-corrected chi connectivity index (χ1v) is 10.3. The van der Waals surface area contributed by atoms with Gasteiger partial charge in [0.1, 0.15) is 0 Å². The molecule has 134 valence electrons. The molecule has 0 spiro atoms. The number of hydrogen-bond donors (Lipinski definition) is 1. The van der Waals surface area contributed by atoms with Crippen molar-refractivity contribution < 1.29 is 13.2 Å². The molecule has 1 amide bonds. The van der Waals surface area contributed by atoms with Gasteiger partial charge in [-0.05, 0) is 43.4 Å². The molecule has 7 heteroatoms. The first kappa shape index (κ1) is 19.2. The lowest BCUT2D eigenvalue weighted by Gasteiger charge is -2.29. The molecule has 5 nitrogen and oxygen atoms in total. The zero-order valence-corrected chi connectivity index (χ0v) is 15.8. The molecule has 1 aliphatic heterocycles. The third kappa shape index (κ3) is 4.49. The lowest BCUT2D eigenvalue weighted by Crippen LogP contribution is -2.38. The minimum atomic E-state index is -3.59. The molecule has 0 bridgehead atoms. The van der Waals surface area contributed by atoms with Crippen LogP contribution in [-0.2, 0) is 10.0 Å². The number of nitrogens with one attached hydrogen (secondary N) is 1. The highest BCUT2D eigenvalue weighted by Gasteiger charge is 2.29. The Kier molecular flexibility index (Phi) is 6.66. The Morgan fingerprint density at radius 2 is 2.00 bits per heavy atom. The third-order valence-electron chi connectivity index (χ3n) is 4.38. The predicted molar refractivity (Wildman–Crippen MR) is 95.9 cm³/mol. The van der Waals surface area contributed by atoms with Gasteiger partial charge in [-0.1, -0.05) is 31.9 Å². The second-order valence-corrected chi connectivity index (χ2v) is 8.68. The van der Waals surface area contributed by atoms with Crippen LogP contribution >= 0.6 is 11.6 Å². The monoisotopic (exact) mass is 372 g/mol. The summed E-state index contributed by atoms with van der Waals surface area (Å²) in [4.78, 5) is 12.4. The Hall–Kier alpha value is -1.11. The van der Waals surface area contributed by atoms with Crippen LogP contribution in [0.15, 0.2) is 23.1 Å². The van der Waals surface area contributed by atoms with Crippen molar-refractivity contribution in [3.05, 3.63) is 28.8 Å². The SMILES string of the molecule is CCCCNC(=O)c1cc(S(=O)(=O)N2CCC(C)CC2)ccc1Cl. The number of rotatable bonds is 6. The van der Waals surface area contributed by atoms with Crippen LogP contribution in [0.2, 0.25) is 5.02 Å². The van der Waals surface area contributed by atoms with Crippen LogP contribution < -0.4 is 5.32 Å². The van der Waals surface area contributed by atoms with Gasteiger partial charge in [-0.3, -0.25) is 4.79 Å². The number of piperidine rings is 1. The van der Waals surface area contributed by atoms with Crippen molar-refractivity contribution in [2.24, 2.45) is 5.92 Å². The summed E-state index contributed by atoms with van der Waals surface area (Å²) >= 11 is 6.09. The maximum Gasteiger partial charge on any atom is 0.252 e. The molecule has 0 unspecified atom stereocenters. The number of halogens is 1. The van der Waals surface area contributed by atoms with Crippen LogP contribution in [0, 0.1) is 5.92 Å². The van der Waals surface area contributed by atoms with Gasteiger partial charge in [0.15, 0.2) is 0 Å². The topological polar surface area (TPSA) is 66.5 Å². The summed E-state index contributed by atoms with van der Waals surface area (Å²) in [5.41, 5.74) is 0.208. The second-order valence-electron chi connectivity index (χ2n) is 6.34. The van der Waals surface area contributed by atoms with Gasteiger partial charge < -0.3 is 5.32 Å². The maximum atomic E-state index is 12.8. The highest BCUT2D eigenvalue weighted by molar-refractivity contribution is 7.89. The average molecular weight is 373 g/mol. The van der Waals surface area contributed by atoms with Crippen LogP contribution in [-0.4, -0.2) is 38.3 Å². The van der Waals surface area contributed by atoms with Gasteiger partial charge in [0.05, 0.1) is 15.5 Å². The summed E-state index contributed by atoms with van der Waals surface area (Å²) in [5, 5.41) is 3.03. The molecule has 1 aliphatic rings. The maximum absolute atomic E-state index is 12.8. The number of amides is 1. The van der Waals surface area contributed by atoms with Crippen LogP contribution in [0.3, 0.4) is 0 Å². The molecule has 2 rings (SSSR count). The van der Waals surface area contributed by atoms with E-state index in [1.165, 1.54) is 22.5 Å². The standard InChI is InChI=1S/C17H25ClN2O3S/c1-3-4-9-19-17(21)15-12-14(5-6-16(15)18)24(22,23)20-10-7-13(2)8-11-20/h5-6,12-13H,3-4,7-11H2,1-2H3,(H,19,21). The normalized spacial score (nSPS) is 17.0. The molecule has 24 heavy (non-hydrogen) atoms. The smallest absolute Gasteiger partial charge is 0.252 e. The van der Waals surface area contributed by atoms with Crippen molar-refractivity contribution in [3.8, 4) is 0 Å². The largest absolute Gasteiger partial charge is 0.352 e.